The number of rotatable bonds is 1. The maximum Gasteiger partial charge on any atom is 0.137 e. The molecule has 1 aromatic carbocycles. The highest BCUT2D eigenvalue weighted by Crippen LogP contribution is 2.25. The predicted molar refractivity (Wildman–Crippen MR) is 96.9 cm³/mol. The second-order valence-electron chi connectivity index (χ2n) is 5.22. The number of nitrogens with two attached hydrogens (primary N) is 1. The Kier molecular flexibility index (Phi) is 3.98. The fraction of sp³-hybridized carbons (Fsp3) is 0.158. The summed E-state index contributed by atoms with van der Waals surface area (Å²) in [5, 5.41) is 3.38. The minimum Gasteiger partial charge on any atom is -0.399 e. The van der Waals surface area contributed by atoms with Crippen LogP contribution in [-0.4, -0.2) is 14.5 Å². The smallest absolute Gasteiger partial charge is 0.137 e. The van der Waals surface area contributed by atoms with E-state index in [2.05, 4.69) is 33.6 Å². The van der Waals surface area contributed by atoms with Crippen LogP contribution >= 0.6 is 0 Å². The Morgan fingerprint density at radius 3 is 2.65 bits per heavy atom. The quantitative estimate of drug-likeness (QED) is 0.527. The first-order valence-electron chi connectivity index (χ1n) is 7.80. The molecule has 3 heterocycles. The number of aryl methyl sites for hydroxylation is 1. The van der Waals surface area contributed by atoms with E-state index < -0.39 is 0 Å². The summed E-state index contributed by atoms with van der Waals surface area (Å²) in [7, 11) is 0. The van der Waals surface area contributed by atoms with Crippen LogP contribution in [-0.2, 0) is 0 Å². The van der Waals surface area contributed by atoms with Crippen molar-refractivity contribution in [1.82, 2.24) is 14.5 Å². The van der Waals surface area contributed by atoms with E-state index >= 15 is 0 Å². The van der Waals surface area contributed by atoms with E-state index in [-0.39, 0.29) is 0 Å². The van der Waals surface area contributed by atoms with Crippen molar-refractivity contribution in [3.05, 3.63) is 60.7 Å². The van der Waals surface area contributed by atoms with Gasteiger partial charge < -0.3 is 5.73 Å². The molecule has 4 nitrogen and oxygen atoms in total. The highest BCUT2D eigenvalue weighted by Gasteiger charge is 2.07. The number of nitrogen functional groups attached to an aromatic ring is 1. The molecule has 0 spiro atoms. The largest absolute Gasteiger partial charge is 0.399 e. The zero-order valence-electron chi connectivity index (χ0n) is 13.6. The molecule has 0 radical (unpaired) electrons. The van der Waals surface area contributed by atoms with Crippen LogP contribution in [0.5, 0.6) is 0 Å². The lowest BCUT2D eigenvalue weighted by molar-refractivity contribution is 1.05. The van der Waals surface area contributed by atoms with E-state index in [1.165, 1.54) is 5.39 Å². The average molecular weight is 304 g/mol. The standard InChI is InChI=1S/C17H14N4.C2H6/c1-11-6-14(18)7-13-9-20-17(8-15(11)13)21-5-3-12-2-4-19-10-16(12)21;1-2/h2-10H,18H2,1H3;1-2H3. The zero-order valence-corrected chi connectivity index (χ0v) is 13.6. The molecule has 0 aliphatic rings. The van der Waals surface area contributed by atoms with E-state index in [0.717, 1.165) is 33.4 Å². The molecule has 0 aliphatic heterocycles. The first kappa shape index (κ1) is 15.0. The van der Waals surface area contributed by atoms with Crippen molar-refractivity contribution in [3.8, 4) is 5.82 Å². The van der Waals surface area contributed by atoms with Gasteiger partial charge in [-0.05, 0) is 48.2 Å². The van der Waals surface area contributed by atoms with Gasteiger partial charge in [0.2, 0.25) is 0 Å². The number of nitrogens with zero attached hydrogens (tertiary/aromatic N) is 3. The summed E-state index contributed by atoms with van der Waals surface area (Å²) in [5.74, 6) is 0.887. The second-order valence-corrected chi connectivity index (χ2v) is 5.22. The lowest BCUT2D eigenvalue weighted by Gasteiger charge is -2.08. The van der Waals surface area contributed by atoms with Crippen LogP contribution in [0.25, 0.3) is 27.5 Å². The molecular formula is C19H20N4. The van der Waals surface area contributed by atoms with Crippen LogP contribution in [0.2, 0.25) is 0 Å². The van der Waals surface area contributed by atoms with Gasteiger partial charge in [-0.3, -0.25) is 9.55 Å². The third kappa shape index (κ3) is 2.63. The zero-order chi connectivity index (χ0) is 16.4. The summed E-state index contributed by atoms with van der Waals surface area (Å²) in [5.41, 5.74) is 8.87. The number of benzene rings is 1. The Bertz CT molecular complexity index is 970. The summed E-state index contributed by atoms with van der Waals surface area (Å²) in [6.07, 6.45) is 7.55. The SMILES string of the molecule is CC.Cc1cc(N)cc2cnc(-n3ccc4ccncc43)cc12. The van der Waals surface area contributed by atoms with Crippen LogP contribution < -0.4 is 5.73 Å². The summed E-state index contributed by atoms with van der Waals surface area (Å²) < 4.78 is 2.05. The number of hydrogen-bond donors (Lipinski definition) is 1. The fourth-order valence-corrected chi connectivity index (χ4v) is 2.77. The van der Waals surface area contributed by atoms with Crippen molar-refractivity contribution in [2.24, 2.45) is 0 Å². The van der Waals surface area contributed by atoms with Gasteiger partial charge in [0, 0.05) is 35.1 Å². The summed E-state index contributed by atoms with van der Waals surface area (Å²) in [6.45, 7) is 6.07. The Hall–Kier alpha value is -2.88. The van der Waals surface area contributed by atoms with E-state index in [4.69, 9.17) is 5.73 Å². The van der Waals surface area contributed by atoms with Crippen LogP contribution in [0.4, 0.5) is 5.69 Å². The third-order valence-electron chi connectivity index (χ3n) is 3.79. The monoisotopic (exact) mass is 304 g/mol. The van der Waals surface area contributed by atoms with Crippen molar-refractivity contribution in [2.75, 3.05) is 5.73 Å². The van der Waals surface area contributed by atoms with Crippen molar-refractivity contribution in [3.63, 3.8) is 0 Å². The third-order valence-corrected chi connectivity index (χ3v) is 3.79. The molecule has 116 valence electrons. The number of fused-ring (bicyclic) bond motifs is 2. The molecule has 0 bridgehead atoms. The van der Waals surface area contributed by atoms with Crippen LogP contribution in [0.3, 0.4) is 0 Å². The molecule has 23 heavy (non-hydrogen) atoms. The van der Waals surface area contributed by atoms with Gasteiger partial charge in [-0.2, -0.15) is 0 Å². The first-order valence-corrected chi connectivity index (χ1v) is 7.80. The molecule has 0 unspecified atom stereocenters. The number of aromatic nitrogens is 3. The fourth-order valence-electron chi connectivity index (χ4n) is 2.77. The molecule has 0 atom stereocenters. The van der Waals surface area contributed by atoms with Gasteiger partial charge in [-0.25, -0.2) is 4.98 Å². The van der Waals surface area contributed by atoms with Gasteiger partial charge in [0.25, 0.3) is 0 Å². The van der Waals surface area contributed by atoms with E-state index in [1.807, 2.05) is 50.6 Å². The minimum atomic E-state index is 0.769. The molecule has 0 amide bonds. The van der Waals surface area contributed by atoms with Gasteiger partial charge in [-0.1, -0.05) is 13.8 Å². The highest BCUT2D eigenvalue weighted by atomic mass is 15.1. The lowest BCUT2D eigenvalue weighted by atomic mass is 10.1. The molecule has 0 fully saturated rings. The maximum atomic E-state index is 5.89. The molecule has 0 aliphatic carbocycles. The van der Waals surface area contributed by atoms with Gasteiger partial charge in [0.1, 0.15) is 5.82 Å². The van der Waals surface area contributed by atoms with Crippen LogP contribution in [0.15, 0.2) is 55.1 Å². The second kappa shape index (κ2) is 6.08. The number of pyridine rings is 2. The van der Waals surface area contributed by atoms with Crippen LogP contribution in [0.1, 0.15) is 19.4 Å². The predicted octanol–water partition coefficient (Wildman–Crippen LogP) is 4.49. The Labute approximate surface area is 135 Å². The molecule has 4 rings (SSSR count). The Morgan fingerprint density at radius 1 is 1.00 bits per heavy atom. The minimum absolute atomic E-state index is 0.769. The van der Waals surface area contributed by atoms with E-state index in [9.17, 15) is 0 Å². The van der Waals surface area contributed by atoms with E-state index in [1.54, 1.807) is 6.20 Å². The van der Waals surface area contributed by atoms with Crippen molar-refractivity contribution in [2.45, 2.75) is 20.8 Å². The van der Waals surface area contributed by atoms with Crippen molar-refractivity contribution < 1.29 is 0 Å². The molecule has 0 saturated carbocycles. The molecule has 4 aromatic rings. The normalized spacial score (nSPS) is 10.6. The van der Waals surface area contributed by atoms with Gasteiger partial charge in [0.15, 0.2) is 0 Å². The van der Waals surface area contributed by atoms with Crippen molar-refractivity contribution in [1.29, 1.82) is 0 Å². The highest BCUT2D eigenvalue weighted by molar-refractivity contribution is 5.89. The Morgan fingerprint density at radius 2 is 1.83 bits per heavy atom. The van der Waals surface area contributed by atoms with Gasteiger partial charge in [-0.15, -0.1) is 0 Å². The molecule has 3 aromatic heterocycles. The summed E-state index contributed by atoms with van der Waals surface area (Å²) in [6, 6.07) is 10.1. The summed E-state index contributed by atoms with van der Waals surface area (Å²) in [4.78, 5) is 8.76. The number of hydrogen-bond acceptors (Lipinski definition) is 3. The lowest BCUT2D eigenvalue weighted by Crippen LogP contribution is -1.97. The van der Waals surface area contributed by atoms with Gasteiger partial charge >= 0.3 is 0 Å². The van der Waals surface area contributed by atoms with Crippen molar-refractivity contribution >= 4 is 27.4 Å². The average Bonchev–Trinajstić information content (AvgIpc) is 3.00. The molecular weight excluding hydrogens is 284 g/mol. The first-order chi connectivity index (χ1) is 11.2. The molecule has 2 N–H and O–H groups in total. The molecule has 0 saturated heterocycles. The van der Waals surface area contributed by atoms with E-state index in [0.29, 0.717) is 0 Å². The topological polar surface area (TPSA) is 56.7 Å². The van der Waals surface area contributed by atoms with Crippen LogP contribution in [0, 0.1) is 6.92 Å². The number of anilines is 1. The Balaban J connectivity index is 0.000000753. The maximum absolute atomic E-state index is 5.89. The molecule has 4 heteroatoms. The van der Waals surface area contributed by atoms with Gasteiger partial charge in [0.05, 0.1) is 11.7 Å². The summed E-state index contributed by atoms with van der Waals surface area (Å²) >= 11 is 0.